The summed E-state index contributed by atoms with van der Waals surface area (Å²) in [6.45, 7) is 13.3. The van der Waals surface area contributed by atoms with Gasteiger partial charge in [-0.1, -0.05) is 25.2 Å². The Morgan fingerprint density at radius 3 is 2.22 bits per heavy atom. The minimum Gasteiger partial charge on any atom is -0.443 e. The van der Waals surface area contributed by atoms with Crippen LogP contribution in [0.2, 0.25) is 39.3 Å². The van der Waals surface area contributed by atoms with E-state index in [1.54, 1.807) is 0 Å². The van der Waals surface area contributed by atoms with Crippen molar-refractivity contribution >= 4 is 25.2 Å². The van der Waals surface area contributed by atoms with Crippen LogP contribution in [0.25, 0.3) is 0 Å². The van der Waals surface area contributed by atoms with Gasteiger partial charge < -0.3 is 8.23 Å². The third kappa shape index (κ3) is 4.94. The summed E-state index contributed by atoms with van der Waals surface area (Å²) in [7, 11) is -6.22. The first-order valence-electron chi connectivity index (χ1n) is 8.05. The zero-order chi connectivity index (χ0) is 17.1. The molecule has 0 aliphatic heterocycles. The van der Waals surface area contributed by atoms with Crippen LogP contribution in [0.1, 0.15) is 0 Å². The number of hydrogen-bond donors (Lipinski definition) is 0. The van der Waals surface area contributed by atoms with E-state index < -0.39 is 25.2 Å². The average molecular weight is 360 g/mol. The maximum Gasteiger partial charge on any atom is 0.310 e. The van der Waals surface area contributed by atoms with Crippen molar-refractivity contribution in [2.75, 3.05) is 0 Å². The largest absolute Gasteiger partial charge is 0.443 e. The molecule has 23 heavy (non-hydrogen) atoms. The first-order chi connectivity index (χ1) is 10.6. The highest BCUT2D eigenvalue weighted by atomic mass is 28.5. The molecule has 124 valence electrons. The lowest BCUT2D eigenvalue weighted by Gasteiger charge is -2.40. The van der Waals surface area contributed by atoms with Crippen LogP contribution < -0.4 is 0 Å². The summed E-state index contributed by atoms with van der Waals surface area (Å²) < 4.78 is 13.3. The molecule has 2 rings (SSSR count). The van der Waals surface area contributed by atoms with Crippen LogP contribution in [-0.4, -0.2) is 25.2 Å². The molecule has 2 nitrogen and oxygen atoms in total. The summed E-state index contributed by atoms with van der Waals surface area (Å²) in [6.07, 6.45) is 18.7. The smallest absolute Gasteiger partial charge is 0.310 e. The molecule has 0 saturated carbocycles. The van der Waals surface area contributed by atoms with Gasteiger partial charge in [-0.15, -0.1) is 23.1 Å². The Labute approximate surface area is 144 Å². The Morgan fingerprint density at radius 2 is 1.57 bits per heavy atom. The Bertz CT molecular complexity index is 643. The summed E-state index contributed by atoms with van der Waals surface area (Å²) in [4.78, 5) is 0. The summed E-state index contributed by atoms with van der Waals surface area (Å²) in [5.41, 5.74) is 3.31. The summed E-state index contributed by atoms with van der Waals surface area (Å²) in [6, 6.07) is 0. The van der Waals surface area contributed by atoms with Gasteiger partial charge in [0.15, 0.2) is 0 Å². The summed E-state index contributed by atoms with van der Waals surface area (Å²) in [5, 5.41) is 2.51. The van der Waals surface area contributed by atoms with Crippen LogP contribution >= 0.6 is 0 Å². The Kier molecular flexibility index (Phi) is 5.41. The van der Waals surface area contributed by atoms with E-state index in [1.165, 1.54) is 10.4 Å². The van der Waals surface area contributed by atoms with Crippen LogP contribution in [0.4, 0.5) is 0 Å². The zero-order valence-corrected chi connectivity index (χ0v) is 18.0. The molecule has 0 bridgehead atoms. The molecule has 0 amide bonds. The van der Waals surface area contributed by atoms with E-state index in [0.717, 1.165) is 0 Å². The number of allylic oxidation sites excluding steroid dienone is 9. The predicted octanol–water partition coefficient (Wildman–Crippen LogP) is 5.12. The number of hydrogen-bond acceptors (Lipinski definition) is 2. The lowest BCUT2D eigenvalue weighted by molar-refractivity contribution is 0.398. The topological polar surface area (TPSA) is 18.5 Å². The molecule has 0 N–H and O–H groups in total. The fraction of sp³-hybridized carbons (Fsp3) is 0.333. The minimum absolute atomic E-state index is 1.22. The van der Waals surface area contributed by atoms with Crippen molar-refractivity contribution in [1.82, 2.24) is 0 Å². The average Bonchev–Trinajstić information content (AvgIpc) is 2.79. The van der Waals surface area contributed by atoms with Gasteiger partial charge in [0.1, 0.15) is 8.32 Å². The third-order valence-corrected chi connectivity index (χ3v) is 15.2. The quantitative estimate of drug-likeness (QED) is 0.372. The van der Waals surface area contributed by atoms with Gasteiger partial charge in [0, 0.05) is 5.20 Å². The summed E-state index contributed by atoms with van der Waals surface area (Å²) in [5.74, 6) is 0. The zero-order valence-electron chi connectivity index (χ0n) is 15.0. The Balaban J connectivity index is 2.12. The standard InChI is InChI=1S/C18H27O2Si3/c1-21(2,17-13-9-7-8-10-14-17)19-23(5,6)20-22(3,4)18-15-11-12-16-18/h7-15H,1-6H3/q-1. The van der Waals surface area contributed by atoms with Gasteiger partial charge in [0.25, 0.3) is 0 Å². The van der Waals surface area contributed by atoms with Crippen LogP contribution in [-0.2, 0) is 8.23 Å². The minimum atomic E-state index is -2.24. The fourth-order valence-corrected chi connectivity index (χ4v) is 16.2. The lowest BCUT2D eigenvalue weighted by atomic mass is 10.4. The highest BCUT2D eigenvalue weighted by Gasteiger charge is 2.40. The second kappa shape index (κ2) is 6.81. The summed E-state index contributed by atoms with van der Waals surface area (Å²) >= 11 is 0. The highest BCUT2D eigenvalue weighted by molar-refractivity contribution is 6.92. The molecule has 0 saturated heterocycles. The van der Waals surface area contributed by atoms with E-state index in [2.05, 4.69) is 75.7 Å². The Hall–Kier alpha value is -1.08. The SMILES string of the molecule is C[Si](C)(O[Si](C)(C)C1=C=CC=C1)O[Si](C)(C)C1=C[CH-]C=CC=C1. The van der Waals surface area contributed by atoms with Crippen molar-refractivity contribution in [1.29, 1.82) is 0 Å². The van der Waals surface area contributed by atoms with E-state index in [-0.39, 0.29) is 0 Å². The van der Waals surface area contributed by atoms with Gasteiger partial charge in [0.2, 0.25) is 8.32 Å². The number of rotatable bonds is 6. The molecule has 0 fully saturated rings. The Morgan fingerprint density at radius 1 is 0.870 bits per heavy atom. The molecule has 0 atom stereocenters. The molecule has 5 heteroatoms. The maximum atomic E-state index is 6.66. The van der Waals surface area contributed by atoms with Gasteiger partial charge >= 0.3 is 8.56 Å². The molecule has 0 aromatic carbocycles. The monoisotopic (exact) mass is 359 g/mol. The molecule has 0 spiro atoms. The van der Waals surface area contributed by atoms with Crippen LogP contribution in [0, 0.1) is 6.42 Å². The lowest BCUT2D eigenvalue weighted by Crippen LogP contribution is -2.53. The second-order valence-corrected chi connectivity index (χ2v) is 18.9. The molecule has 2 aliphatic carbocycles. The molecular formula is C18H27O2Si3-. The van der Waals surface area contributed by atoms with Crippen LogP contribution in [0.3, 0.4) is 0 Å². The van der Waals surface area contributed by atoms with Gasteiger partial charge in [-0.2, -0.15) is 24.6 Å². The molecule has 0 aromatic heterocycles. The van der Waals surface area contributed by atoms with Crippen LogP contribution in [0.15, 0.2) is 64.7 Å². The van der Waals surface area contributed by atoms with Crippen molar-refractivity contribution in [3.8, 4) is 0 Å². The normalized spacial score (nSPS) is 17.8. The maximum absolute atomic E-state index is 6.66. The van der Waals surface area contributed by atoms with Gasteiger partial charge in [0.05, 0.1) is 0 Å². The van der Waals surface area contributed by atoms with Crippen molar-refractivity contribution in [2.45, 2.75) is 39.3 Å². The molecular weight excluding hydrogens is 332 g/mol. The highest BCUT2D eigenvalue weighted by Crippen LogP contribution is 2.29. The van der Waals surface area contributed by atoms with E-state index in [4.69, 9.17) is 8.23 Å². The fourth-order valence-electron chi connectivity index (χ4n) is 2.97. The van der Waals surface area contributed by atoms with Gasteiger partial charge in [-0.25, -0.2) is 0 Å². The first-order valence-corrected chi connectivity index (χ1v) is 16.7. The van der Waals surface area contributed by atoms with Crippen LogP contribution in [0.5, 0.6) is 0 Å². The van der Waals surface area contributed by atoms with Gasteiger partial charge in [-0.05, 0) is 32.3 Å². The molecule has 0 aromatic rings. The van der Waals surface area contributed by atoms with Gasteiger partial charge in [-0.3, -0.25) is 0 Å². The molecule has 0 unspecified atom stereocenters. The second-order valence-electron chi connectivity index (χ2n) is 7.27. The van der Waals surface area contributed by atoms with Crippen molar-refractivity contribution in [2.24, 2.45) is 0 Å². The van der Waals surface area contributed by atoms with E-state index in [9.17, 15) is 0 Å². The van der Waals surface area contributed by atoms with E-state index in [0.29, 0.717) is 0 Å². The predicted molar refractivity (Wildman–Crippen MR) is 106 cm³/mol. The molecule has 0 radical (unpaired) electrons. The van der Waals surface area contributed by atoms with Crippen molar-refractivity contribution < 1.29 is 8.23 Å². The molecule has 2 aliphatic rings. The first kappa shape index (κ1) is 18.3. The van der Waals surface area contributed by atoms with E-state index >= 15 is 0 Å². The molecule has 0 heterocycles. The van der Waals surface area contributed by atoms with Crippen molar-refractivity contribution in [3.05, 3.63) is 71.2 Å². The van der Waals surface area contributed by atoms with Crippen molar-refractivity contribution in [3.63, 3.8) is 0 Å². The van der Waals surface area contributed by atoms with E-state index in [1.807, 2.05) is 24.3 Å². The third-order valence-electron chi connectivity index (χ3n) is 3.83.